The van der Waals surface area contributed by atoms with Gasteiger partial charge in [-0.15, -0.1) is 0 Å². The molecule has 0 atom stereocenters. The maximum atomic E-state index is 4.64. The summed E-state index contributed by atoms with van der Waals surface area (Å²) in [6.45, 7) is 6.20. The van der Waals surface area contributed by atoms with E-state index < -0.39 is 0 Å². The molecule has 1 fully saturated rings. The molecule has 1 aromatic rings. The highest BCUT2D eigenvalue weighted by Crippen LogP contribution is 2.26. The van der Waals surface area contributed by atoms with Gasteiger partial charge in [0.1, 0.15) is 17.5 Å². The smallest absolute Gasteiger partial charge is 0.137 e. The number of nitrogens with one attached hydrogen (secondary N) is 1. The Morgan fingerprint density at radius 2 is 1.79 bits per heavy atom. The van der Waals surface area contributed by atoms with Crippen molar-refractivity contribution in [1.82, 2.24) is 14.9 Å². The summed E-state index contributed by atoms with van der Waals surface area (Å²) in [5, 5.41) is 3.16. The van der Waals surface area contributed by atoms with Crippen molar-refractivity contribution in [1.29, 1.82) is 0 Å². The van der Waals surface area contributed by atoms with Gasteiger partial charge in [-0.1, -0.05) is 0 Å². The maximum absolute atomic E-state index is 4.64. The van der Waals surface area contributed by atoms with Crippen molar-refractivity contribution in [2.45, 2.75) is 32.7 Å². The highest BCUT2D eigenvalue weighted by molar-refractivity contribution is 5.58. The van der Waals surface area contributed by atoms with Gasteiger partial charge in [-0.25, -0.2) is 9.97 Å². The maximum Gasteiger partial charge on any atom is 0.137 e. The van der Waals surface area contributed by atoms with Crippen LogP contribution in [0.15, 0.2) is 0 Å². The molecule has 2 rings (SSSR count). The van der Waals surface area contributed by atoms with E-state index in [0.29, 0.717) is 6.04 Å². The third-order valence-electron chi connectivity index (χ3n) is 3.96. The van der Waals surface area contributed by atoms with Gasteiger partial charge in [-0.05, 0) is 40.8 Å². The summed E-state index contributed by atoms with van der Waals surface area (Å²) in [5.41, 5.74) is 1.15. The number of piperidine rings is 1. The van der Waals surface area contributed by atoms with Crippen molar-refractivity contribution in [3.05, 3.63) is 11.4 Å². The minimum absolute atomic E-state index is 0.697. The number of anilines is 2. The summed E-state index contributed by atoms with van der Waals surface area (Å²) in [4.78, 5) is 13.8. The number of aromatic nitrogens is 2. The van der Waals surface area contributed by atoms with Crippen LogP contribution < -0.4 is 10.2 Å². The fourth-order valence-corrected chi connectivity index (χ4v) is 2.76. The third-order valence-corrected chi connectivity index (χ3v) is 3.96. The summed E-state index contributed by atoms with van der Waals surface area (Å²) < 4.78 is 0. The fraction of sp³-hybridized carbons (Fsp3) is 0.714. The van der Waals surface area contributed by atoms with Crippen molar-refractivity contribution in [2.24, 2.45) is 0 Å². The Bertz CT molecular complexity index is 436. The molecule has 0 saturated carbocycles. The summed E-state index contributed by atoms with van der Waals surface area (Å²) in [5.74, 6) is 2.87. The number of aryl methyl sites for hydroxylation is 1. The molecule has 1 aliphatic rings. The second-order valence-corrected chi connectivity index (χ2v) is 5.50. The van der Waals surface area contributed by atoms with Crippen LogP contribution in [0.1, 0.15) is 24.2 Å². The van der Waals surface area contributed by atoms with E-state index in [2.05, 4.69) is 46.1 Å². The van der Waals surface area contributed by atoms with Gasteiger partial charge in [0, 0.05) is 31.7 Å². The largest absolute Gasteiger partial charge is 0.373 e. The van der Waals surface area contributed by atoms with E-state index in [9.17, 15) is 0 Å². The predicted octanol–water partition coefficient (Wildman–Crippen LogP) is 1.67. The van der Waals surface area contributed by atoms with Crippen molar-refractivity contribution >= 4 is 11.6 Å². The van der Waals surface area contributed by atoms with Crippen LogP contribution in [0, 0.1) is 13.8 Å². The van der Waals surface area contributed by atoms with Crippen LogP contribution in [-0.2, 0) is 0 Å². The van der Waals surface area contributed by atoms with Gasteiger partial charge >= 0.3 is 0 Å². The van der Waals surface area contributed by atoms with E-state index in [0.717, 1.165) is 36.1 Å². The van der Waals surface area contributed by atoms with Gasteiger partial charge in [0.2, 0.25) is 0 Å². The van der Waals surface area contributed by atoms with Crippen molar-refractivity contribution < 1.29 is 0 Å². The average molecular weight is 263 g/mol. The van der Waals surface area contributed by atoms with E-state index >= 15 is 0 Å². The first kappa shape index (κ1) is 14.1. The lowest BCUT2D eigenvalue weighted by Gasteiger charge is -2.36. The molecular formula is C14H25N5. The monoisotopic (exact) mass is 263 g/mol. The zero-order valence-corrected chi connectivity index (χ0v) is 12.7. The Balaban J connectivity index is 2.17. The second kappa shape index (κ2) is 5.74. The Kier molecular flexibility index (Phi) is 4.24. The molecule has 0 unspecified atom stereocenters. The van der Waals surface area contributed by atoms with Crippen molar-refractivity contribution in [3.8, 4) is 0 Å². The van der Waals surface area contributed by atoms with Crippen LogP contribution in [0.5, 0.6) is 0 Å². The van der Waals surface area contributed by atoms with E-state index in [1.807, 2.05) is 14.0 Å². The minimum atomic E-state index is 0.697. The second-order valence-electron chi connectivity index (χ2n) is 5.50. The quantitative estimate of drug-likeness (QED) is 0.898. The van der Waals surface area contributed by atoms with Crippen molar-refractivity contribution in [2.75, 3.05) is 44.4 Å². The lowest BCUT2D eigenvalue weighted by Crippen LogP contribution is -2.42. The SMILES string of the molecule is CNc1nc(C)nc(N2CCC(N(C)C)CC2)c1C. The molecule has 1 saturated heterocycles. The molecule has 5 heteroatoms. The first-order valence-corrected chi connectivity index (χ1v) is 6.97. The van der Waals surface area contributed by atoms with Crippen molar-refractivity contribution in [3.63, 3.8) is 0 Å². The number of hydrogen-bond acceptors (Lipinski definition) is 5. The van der Waals surface area contributed by atoms with Crippen LogP contribution >= 0.6 is 0 Å². The summed E-state index contributed by atoms with van der Waals surface area (Å²) >= 11 is 0. The van der Waals surface area contributed by atoms with Crippen LogP contribution in [-0.4, -0.2) is 55.1 Å². The lowest BCUT2D eigenvalue weighted by atomic mass is 10.0. The fourth-order valence-electron chi connectivity index (χ4n) is 2.76. The molecule has 0 amide bonds. The molecule has 5 nitrogen and oxygen atoms in total. The minimum Gasteiger partial charge on any atom is -0.373 e. The third kappa shape index (κ3) is 2.97. The van der Waals surface area contributed by atoms with Gasteiger partial charge in [0.25, 0.3) is 0 Å². The molecular weight excluding hydrogens is 238 g/mol. The van der Waals surface area contributed by atoms with Gasteiger partial charge in [0.05, 0.1) is 0 Å². The molecule has 0 aliphatic carbocycles. The van der Waals surface area contributed by atoms with Gasteiger partial charge in [0.15, 0.2) is 0 Å². The zero-order chi connectivity index (χ0) is 14.0. The molecule has 1 aliphatic heterocycles. The lowest BCUT2D eigenvalue weighted by molar-refractivity contribution is 0.249. The topological polar surface area (TPSA) is 44.3 Å². The zero-order valence-electron chi connectivity index (χ0n) is 12.7. The van der Waals surface area contributed by atoms with Gasteiger partial charge < -0.3 is 15.1 Å². The summed E-state index contributed by atoms with van der Waals surface area (Å²) in [7, 11) is 6.25. The molecule has 1 aromatic heterocycles. The van der Waals surface area contributed by atoms with Crippen LogP contribution in [0.25, 0.3) is 0 Å². The Morgan fingerprint density at radius 1 is 1.16 bits per heavy atom. The van der Waals surface area contributed by atoms with E-state index in [1.54, 1.807) is 0 Å². The summed E-state index contributed by atoms with van der Waals surface area (Å²) in [6, 6.07) is 0.697. The number of hydrogen-bond donors (Lipinski definition) is 1. The predicted molar refractivity (Wildman–Crippen MR) is 80.0 cm³/mol. The molecule has 0 bridgehead atoms. The highest BCUT2D eigenvalue weighted by Gasteiger charge is 2.23. The first-order chi connectivity index (χ1) is 9.02. The van der Waals surface area contributed by atoms with Crippen LogP contribution in [0.3, 0.4) is 0 Å². The van der Waals surface area contributed by atoms with Gasteiger partial charge in [-0.3, -0.25) is 0 Å². The first-order valence-electron chi connectivity index (χ1n) is 6.97. The summed E-state index contributed by atoms with van der Waals surface area (Å²) in [6.07, 6.45) is 2.40. The van der Waals surface area contributed by atoms with Gasteiger partial charge in [-0.2, -0.15) is 0 Å². The molecule has 1 N–H and O–H groups in total. The van der Waals surface area contributed by atoms with Crippen LogP contribution in [0.2, 0.25) is 0 Å². The average Bonchev–Trinajstić information content (AvgIpc) is 2.41. The Labute approximate surface area is 116 Å². The van der Waals surface area contributed by atoms with E-state index in [1.165, 1.54) is 12.8 Å². The molecule has 19 heavy (non-hydrogen) atoms. The van der Waals surface area contributed by atoms with E-state index in [4.69, 9.17) is 0 Å². The molecule has 2 heterocycles. The number of nitrogens with zero attached hydrogens (tertiary/aromatic N) is 4. The van der Waals surface area contributed by atoms with Crippen LogP contribution in [0.4, 0.5) is 11.6 Å². The Morgan fingerprint density at radius 3 is 2.32 bits per heavy atom. The standard InChI is InChI=1S/C14H25N5/c1-10-13(15-3)16-11(2)17-14(10)19-8-6-12(7-9-19)18(4)5/h12H,6-9H2,1-5H3,(H,15,16,17). The molecule has 106 valence electrons. The highest BCUT2D eigenvalue weighted by atomic mass is 15.2. The Hall–Kier alpha value is -1.36. The molecule has 0 aromatic carbocycles. The normalized spacial score (nSPS) is 17.1. The number of rotatable bonds is 3. The molecule has 0 spiro atoms. The molecule has 0 radical (unpaired) electrons. The van der Waals surface area contributed by atoms with E-state index in [-0.39, 0.29) is 0 Å².